The summed E-state index contributed by atoms with van der Waals surface area (Å²) in [7, 11) is 0. The first kappa shape index (κ1) is 18.3. The molecule has 0 radical (unpaired) electrons. The standard InChI is InChI=1S/C19H20ClNO5/c1-10-6-12-7-11(12)4-2-3-5-13(21-25)8-14-17(19(24)26-10)15(22)9-16(23)18(14)20/h2-5,9-12,22-23,25H,6-8H2,1H3/b4-2-,5-3-,21-13+/t10-,11+,12+/m1/s1. The third kappa shape index (κ3) is 3.85. The van der Waals surface area contributed by atoms with Crippen LogP contribution >= 0.6 is 11.6 Å². The van der Waals surface area contributed by atoms with Crippen LogP contribution in [-0.2, 0) is 11.2 Å². The van der Waals surface area contributed by atoms with E-state index in [2.05, 4.69) is 11.2 Å². The summed E-state index contributed by atoms with van der Waals surface area (Å²) in [4.78, 5) is 12.6. The molecule has 26 heavy (non-hydrogen) atoms. The summed E-state index contributed by atoms with van der Waals surface area (Å²) in [6.07, 6.45) is 8.67. The summed E-state index contributed by atoms with van der Waals surface area (Å²) >= 11 is 6.14. The van der Waals surface area contributed by atoms with Crippen LogP contribution in [0.15, 0.2) is 35.5 Å². The first-order valence-corrected chi connectivity index (χ1v) is 8.78. The van der Waals surface area contributed by atoms with E-state index >= 15 is 0 Å². The zero-order valence-corrected chi connectivity index (χ0v) is 15.0. The van der Waals surface area contributed by atoms with Gasteiger partial charge in [-0.1, -0.05) is 35.0 Å². The van der Waals surface area contributed by atoms with E-state index in [1.165, 1.54) is 0 Å². The van der Waals surface area contributed by atoms with Gasteiger partial charge >= 0.3 is 5.97 Å². The molecule has 0 bridgehead atoms. The number of hydrogen-bond donors (Lipinski definition) is 3. The van der Waals surface area contributed by atoms with Gasteiger partial charge in [-0.05, 0) is 43.2 Å². The van der Waals surface area contributed by atoms with Gasteiger partial charge in [0.1, 0.15) is 17.1 Å². The van der Waals surface area contributed by atoms with Gasteiger partial charge in [0.15, 0.2) is 0 Å². The monoisotopic (exact) mass is 377 g/mol. The lowest BCUT2D eigenvalue weighted by atomic mass is 9.99. The number of esters is 1. The number of fused-ring (bicyclic) bond motifs is 2. The molecule has 1 aromatic carbocycles. The lowest BCUT2D eigenvalue weighted by Gasteiger charge is -2.17. The highest BCUT2D eigenvalue weighted by Gasteiger charge is 2.36. The van der Waals surface area contributed by atoms with Crippen molar-refractivity contribution in [1.82, 2.24) is 0 Å². The number of cyclic esters (lactones) is 1. The van der Waals surface area contributed by atoms with Crippen LogP contribution in [-0.4, -0.2) is 33.2 Å². The number of carbonyl (C=O) groups is 1. The third-order valence-corrected chi connectivity index (χ3v) is 5.11. The maximum atomic E-state index is 12.6. The van der Waals surface area contributed by atoms with Crippen LogP contribution in [0.4, 0.5) is 0 Å². The van der Waals surface area contributed by atoms with Crippen LogP contribution in [0.25, 0.3) is 0 Å². The lowest BCUT2D eigenvalue weighted by Crippen LogP contribution is -2.18. The molecule has 0 unspecified atom stereocenters. The quantitative estimate of drug-likeness (QED) is 0.362. The van der Waals surface area contributed by atoms with E-state index in [0.717, 1.165) is 18.9 Å². The summed E-state index contributed by atoms with van der Waals surface area (Å²) in [5, 5.41) is 32.4. The highest BCUT2D eigenvalue weighted by molar-refractivity contribution is 6.33. The molecule has 1 aliphatic heterocycles. The first-order valence-electron chi connectivity index (χ1n) is 8.40. The van der Waals surface area contributed by atoms with Gasteiger partial charge in [0, 0.05) is 12.5 Å². The number of benzene rings is 1. The van der Waals surface area contributed by atoms with Crippen LogP contribution in [0.5, 0.6) is 11.5 Å². The molecule has 2 aliphatic rings. The van der Waals surface area contributed by atoms with Crippen LogP contribution in [0.3, 0.4) is 0 Å². The number of carbonyl (C=O) groups excluding carboxylic acids is 1. The molecular formula is C19H20ClNO5. The van der Waals surface area contributed by atoms with Crippen molar-refractivity contribution in [3.05, 3.63) is 46.5 Å². The Bertz CT molecular complexity index is 815. The second kappa shape index (κ2) is 7.41. The average Bonchev–Trinajstić information content (AvgIpc) is 3.31. The number of nitrogens with zero attached hydrogens (tertiary/aromatic N) is 1. The molecule has 1 heterocycles. The Morgan fingerprint density at radius 3 is 2.73 bits per heavy atom. The van der Waals surface area contributed by atoms with E-state index in [9.17, 15) is 20.2 Å². The summed E-state index contributed by atoms with van der Waals surface area (Å²) in [6.45, 7) is 1.81. The van der Waals surface area contributed by atoms with Crippen molar-refractivity contribution >= 4 is 23.3 Å². The van der Waals surface area contributed by atoms with E-state index in [1.54, 1.807) is 12.2 Å². The Hall–Kier alpha value is -2.47. The minimum Gasteiger partial charge on any atom is -0.507 e. The van der Waals surface area contributed by atoms with Crippen molar-refractivity contribution in [1.29, 1.82) is 0 Å². The van der Waals surface area contributed by atoms with E-state index in [0.29, 0.717) is 11.8 Å². The Labute approximate surface area is 156 Å². The third-order valence-electron chi connectivity index (χ3n) is 4.69. The van der Waals surface area contributed by atoms with Gasteiger partial charge in [-0.15, -0.1) is 0 Å². The summed E-state index contributed by atoms with van der Waals surface area (Å²) in [6, 6.07) is 1.00. The Morgan fingerprint density at radius 2 is 2.00 bits per heavy atom. The molecule has 3 rings (SSSR count). The lowest BCUT2D eigenvalue weighted by molar-refractivity contribution is 0.0307. The zero-order chi connectivity index (χ0) is 18.8. The van der Waals surface area contributed by atoms with Gasteiger partial charge in [-0.2, -0.15) is 0 Å². The van der Waals surface area contributed by atoms with Crippen molar-refractivity contribution in [3.8, 4) is 11.5 Å². The van der Waals surface area contributed by atoms with Gasteiger partial charge in [0.2, 0.25) is 0 Å². The van der Waals surface area contributed by atoms with Crippen LogP contribution < -0.4 is 0 Å². The number of allylic oxidation sites excluding steroid dienone is 4. The average molecular weight is 378 g/mol. The van der Waals surface area contributed by atoms with E-state index in [1.807, 2.05) is 13.0 Å². The predicted octanol–water partition coefficient (Wildman–Crippen LogP) is 3.82. The maximum absolute atomic E-state index is 12.6. The fourth-order valence-corrected chi connectivity index (χ4v) is 3.47. The molecule has 0 saturated heterocycles. The number of phenols is 2. The molecule has 0 amide bonds. The SMILES string of the molecule is C[C@@H]1C[C@H]2C[C@@H]2\C=C/C=C\C(=N/O)Cc2c(Cl)c(O)cc(O)c2C(=O)O1. The number of hydrogen-bond acceptors (Lipinski definition) is 6. The minimum absolute atomic E-state index is 0.0630. The van der Waals surface area contributed by atoms with Gasteiger partial charge in [0.05, 0.1) is 16.8 Å². The summed E-state index contributed by atoms with van der Waals surface area (Å²) in [5.74, 6) is -0.625. The molecule has 1 aliphatic carbocycles. The molecule has 1 fully saturated rings. The molecule has 138 valence electrons. The van der Waals surface area contributed by atoms with Crippen molar-refractivity contribution in [2.75, 3.05) is 0 Å². The number of rotatable bonds is 0. The summed E-state index contributed by atoms with van der Waals surface area (Å²) < 4.78 is 5.48. The van der Waals surface area contributed by atoms with Crippen molar-refractivity contribution in [2.45, 2.75) is 32.3 Å². The molecule has 3 atom stereocenters. The first-order chi connectivity index (χ1) is 12.4. The van der Waals surface area contributed by atoms with E-state index < -0.39 is 11.7 Å². The number of ether oxygens (including phenoxy) is 1. The molecule has 1 saturated carbocycles. The fraction of sp³-hybridized carbons (Fsp3) is 0.368. The van der Waals surface area contributed by atoms with Crippen LogP contribution in [0.2, 0.25) is 5.02 Å². The Kier molecular flexibility index (Phi) is 5.23. The normalized spacial score (nSPS) is 29.8. The Morgan fingerprint density at radius 1 is 1.23 bits per heavy atom. The highest BCUT2D eigenvalue weighted by Crippen LogP contribution is 2.44. The molecule has 0 aromatic heterocycles. The smallest absolute Gasteiger partial charge is 0.342 e. The molecule has 1 aromatic rings. The minimum atomic E-state index is -0.724. The van der Waals surface area contributed by atoms with Crippen molar-refractivity contribution in [2.24, 2.45) is 17.0 Å². The number of phenolic OH excluding ortho intramolecular Hbond substituents is 2. The molecule has 7 heteroatoms. The number of aromatic hydroxyl groups is 2. The van der Waals surface area contributed by atoms with E-state index in [4.69, 9.17) is 16.3 Å². The van der Waals surface area contributed by atoms with Gasteiger partial charge in [0.25, 0.3) is 0 Å². The van der Waals surface area contributed by atoms with Gasteiger partial charge in [-0.3, -0.25) is 0 Å². The van der Waals surface area contributed by atoms with Crippen molar-refractivity contribution < 1.29 is 25.0 Å². The molecule has 0 spiro atoms. The van der Waals surface area contributed by atoms with Gasteiger partial charge in [-0.25, -0.2) is 4.79 Å². The largest absolute Gasteiger partial charge is 0.507 e. The summed E-state index contributed by atoms with van der Waals surface area (Å²) in [5.41, 5.74) is 0.228. The van der Waals surface area contributed by atoms with Crippen LogP contribution in [0.1, 0.15) is 35.7 Å². The van der Waals surface area contributed by atoms with Crippen LogP contribution in [0, 0.1) is 11.8 Å². The molecule has 6 nitrogen and oxygen atoms in total. The van der Waals surface area contributed by atoms with E-state index in [-0.39, 0.29) is 40.1 Å². The topological polar surface area (TPSA) is 99.4 Å². The van der Waals surface area contributed by atoms with Crippen molar-refractivity contribution in [3.63, 3.8) is 0 Å². The maximum Gasteiger partial charge on any atom is 0.342 e. The number of halogens is 1. The predicted molar refractivity (Wildman–Crippen MR) is 97.1 cm³/mol. The second-order valence-corrected chi connectivity index (χ2v) is 7.08. The highest BCUT2D eigenvalue weighted by atomic mass is 35.5. The Balaban J connectivity index is 2.05. The number of oxime groups is 1. The van der Waals surface area contributed by atoms with Gasteiger partial charge < -0.3 is 20.2 Å². The molecular weight excluding hydrogens is 358 g/mol. The fourth-order valence-electron chi connectivity index (χ4n) is 3.25. The zero-order valence-electron chi connectivity index (χ0n) is 14.2. The second-order valence-electron chi connectivity index (χ2n) is 6.71. The molecule has 3 N–H and O–H groups in total.